The van der Waals surface area contributed by atoms with Crippen LogP contribution in [0.2, 0.25) is 0 Å². The fraction of sp³-hybridized carbons (Fsp3) is 0.200. The molecule has 0 aliphatic carbocycles. The molecular weight excluding hydrogens is 302 g/mol. The number of pyridine rings is 1. The summed E-state index contributed by atoms with van der Waals surface area (Å²) >= 11 is 0. The van der Waals surface area contributed by atoms with Gasteiger partial charge in [-0.3, -0.25) is 9.78 Å². The monoisotopic (exact) mass is 319 g/mol. The van der Waals surface area contributed by atoms with Crippen LogP contribution in [-0.4, -0.2) is 25.6 Å². The van der Waals surface area contributed by atoms with E-state index in [-0.39, 0.29) is 12.5 Å². The van der Waals surface area contributed by atoms with Gasteiger partial charge in [0.05, 0.1) is 18.5 Å². The Morgan fingerprint density at radius 3 is 2.68 bits per heavy atom. The molecule has 6 nitrogen and oxygen atoms in total. The number of nitrogens with one attached hydrogen (secondary N) is 2. The third-order valence-electron chi connectivity index (χ3n) is 2.87. The molecule has 1 amide bonds. The van der Waals surface area contributed by atoms with Gasteiger partial charge in [0.15, 0.2) is 0 Å². The van der Waals surface area contributed by atoms with Crippen LogP contribution in [0.1, 0.15) is 21.6 Å². The van der Waals surface area contributed by atoms with Crippen molar-refractivity contribution in [2.45, 2.75) is 13.5 Å². The van der Waals surface area contributed by atoms with E-state index in [9.17, 15) is 13.2 Å². The smallest absolute Gasteiger partial charge is 0.255 e. The number of nitrogens with zero attached hydrogens (tertiary/aromatic N) is 1. The molecule has 1 heterocycles. The molecule has 0 atom stereocenters. The van der Waals surface area contributed by atoms with Crippen molar-refractivity contribution in [1.29, 1.82) is 0 Å². The number of hydrogen-bond acceptors (Lipinski definition) is 4. The van der Waals surface area contributed by atoms with Crippen molar-refractivity contribution < 1.29 is 13.2 Å². The lowest BCUT2D eigenvalue weighted by atomic mass is 10.2. The van der Waals surface area contributed by atoms with E-state index in [1.807, 2.05) is 25.1 Å². The van der Waals surface area contributed by atoms with Crippen molar-refractivity contribution in [3.63, 3.8) is 0 Å². The number of sulfonamides is 1. The van der Waals surface area contributed by atoms with Crippen molar-refractivity contribution in [3.8, 4) is 0 Å². The molecule has 0 radical (unpaired) electrons. The summed E-state index contributed by atoms with van der Waals surface area (Å²) < 4.78 is 24.5. The second kappa shape index (κ2) is 6.67. The van der Waals surface area contributed by atoms with Gasteiger partial charge in [-0.1, -0.05) is 12.1 Å². The average Bonchev–Trinajstić information content (AvgIpc) is 2.45. The largest absolute Gasteiger partial charge is 0.322 e. The standard InChI is InChI=1S/C15H17N3O3S/c1-11-4-3-5-13(8-11)18-15(19)12-6-7-16-14(9-12)10-17-22(2,20)21/h3-9,17H,10H2,1-2H3,(H,18,19). The number of hydrogen-bond donors (Lipinski definition) is 2. The fourth-order valence-electron chi connectivity index (χ4n) is 1.85. The van der Waals surface area contributed by atoms with Crippen LogP contribution in [0.3, 0.4) is 0 Å². The molecule has 0 saturated carbocycles. The number of anilines is 1. The number of carbonyl (C=O) groups is 1. The van der Waals surface area contributed by atoms with Crippen LogP contribution in [0.5, 0.6) is 0 Å². The van der Waals surface area contributed by atoms with Gasteiger partial charge in [-0.2, -0.15) is 0 Å². The number of benzene rings is 1. The highest BCUT2D eigenvalue weighted by atomic mass is 32.2. The summed E-state index contributed by atoms with van der Waals surface area (Å²) in [5.74, 6) is -0.270. The topological polar surface area (TPSA) is 88.2 Å². The first kappa shape index (κ1) is 16.1. The normalized spacial score (nSPS) is 11.2. The minimum absolute atomic E-state index is 0.0460. The highest BCUT2D eigenvalue weighted by Gasteiger charge is 2.09. The van der Waals surface area contributed by atoms with Crippen molar-refractivity contribution in [2.75, 3.05) is 11.6 Å². The lowest BCUT2D eigenvalue weighted by molar-refractivity contribution is 0.102. The summed E-state index contributed by atoms with van der Waals surface area (Å²) in [4.78, 5) is 16.2. The van der Waals surface area contributed by atoms with Gasteiger partial charge >= 0.3 is 0 Å². The molecule has 0 unspecified atom stereocenters. The van der Waals surface area contributed by atoms with Gasteiger partial charge in [-0.05, 0) is 36.8 Å². The predicted octanol–water partition coefficient (Wildman–Crippen LogP) is 1.69. The number of rotatable bonds is 5. The zero-order chi connectivity index (χ0) is 16.2. The van der Waals surface area contributed by atoms with E-state index in [2.05, 4.69) is 15.0 Å². The van der Waals surface area contributed by atoms with Crippen LogP contribution in [0.15, 0.2) is 42.6 Å². The molecule has 22 heavy (non-hydrogen) atoms. The van der Waals surface area contributed by atoms with E-state index in [4.69, 9.17) is 0 Å². The van der Waals surface area contributed by atoms with E-state index in [0.717, 1.165) is 11.8 Å². The number of aromatic nitrogens is 1. The first-order valence-electron chi connectivity index (χ1n) is 6.61. The molecule has 0 fully saturated rings. The quantitative estimate of drug-likeness (QED) is 0.878. The zero-order valence-corrected chi connectivity index (χ0v) is 13.1. The fourth-order valence-corrected chi connectivity index (χ4v) is 2.26. The van der Waals surface area contributed by atoms with Crippen molar-refractivity contribution in [1.82, 2.24) is 9.71 Å². The SMILES string of the molecule is Cc1cccc(NC(=O)c2ccnc(CNS(C)(=O)=O)c2)c1. The van der Waals surface area contributed by atoms with Gasteiger partial charge < -0.3 is 5.32 Å². The maximum atomic E-state index is 12.2. The molecular formula is C15H17N3O3S. The maximum absolute atomic E-state index is 12.2. The summed E-state index contributed by atoms with van der Waals surface area (Å²) in [5, 5.41) is 2.79. The van der Waals surface area contributed by atoms with Crippen molar-refractivity contribution in [3.05, 3.63) is 59.4 Å². The molecule has 2 aromatic rings. The summed E-state index contributed by atoms with van der Waals surface area (Å²) in [7, 11) is -3.30. The molecule has 0 spiro atoms. The minimum atomic E-state index is -3.30. The predicted molar refractivity (Wildman–Crippen MR) is 85.1 cm³/mol. The van der Waals surface area contributed by atoms with E-state index < -0.39 is 10.0 Å². The zero-order valence-electron chi connectivity index (χ0n) is 12.3. The Morgan fingerprint density at radius 2 is 2.00 bits per heavy atom. The molecule has 1 aromatic heterocycles. The second-order valence-electron chi connectivity index (χ2n) is 4.95. The first-order valence-corrected chi connectivity index (χ1v) is 8.50. The van der Waals surface area contributed by atoms with Gasteiger partial charge in [0.25, 0.3) is 5.91 Å². The van der Waals surface area contributed by atoms with Crippen LogP contribution in [0.25, 0.3) is 0 Å². The average molecular weight is 319 g/mol. The summed E-state index contributed by atoms with van der Waals surface area (Å²) in [6.07, 6.45) is 2.55. The van der Waals surface area contributed by atoms with Gasteiger partial charge in [0.1, 0.15) is 0 Å². The summed E-state index contributed by atoms with van der Waals surface area (Å²) in [6.45, 7) is 1.99. The Labute approximate surface area is 129 Å². The molecule has 0 aliphatic rings. The van der Waals surface area contributed by atoms with Crippen LogP contribution in [0.4, 0.5) is 5.69 Å². The van der Waals surface area contributed by atoms with E-state index in [0.29, 0.717) is 16.9 Å². The van der Waals surface area contributed by atoms with Crippen molar-refractivity contribution in [2.24, 2.45) is 0 Å². The molecule has 1 aromatic carbocycles. The van der Waals surface area contributed by atoms with Crippen molar-refractivity contribution >= 4 is 21.6 Å². The van der Waals surface area contributed by atoms with Crippen LogP contribution >= 0.6 is 0 Å². The number of carbonyl (C=O) groups excluding carboxylic acids is 1. The summed E-state index contributed by atoms with van der Waals surface area (Å²) in [5.41, 5.74) is 2.65. The number of aryl methyl sites for hydroxylation is 1. The summed E-state index contributed by atoms with van der Waals surface area (Å²) in [6, 6.07) is 10.6. The molecule has 0 bridgehead atoms. The number of amides is 1. The van der Waals surface area contributed by atoms with E-state index in [1.165, 1.54) is 6.20 Å². The van der Waals surface area contributed by atoms with Crippen LogP contribution < -0.4 is 10.0 Å². The van der Waals surface area contributed by atoms with Crippen LogP contribution in [-0.2, 0) is 16.6 Å². The first-order chi connectivity index (χ1) is 10.3. The molecule has 0 aliphatic heterocycles. The molecule has 2 rings (SSSR count). The highest BCUT2D eigenvalue weighted by molar-refractivity contribution is 7.88. The Balaban J connectivity index is 2.10. The van der Waals surface area contributed by atoms with Crippen LogP contribution in [0, 0.1) is 6.92 Å². The maximum Gasteiger partial charge on any atom is 0.255 e. The lowest BCUT2D eigenvalue weighted by Gasteiger charge is -2.07. The Hall–Kier alpha value is -2.25. The van der Waals surface area contributed by atoms with Gasteiger partial charge in [-0.15, -0.1) is 0 Å². The minimum Gasteiger partial charge on any atom is -0.322 e. The molecule has 7 heteroatoms. The Bertz CT molecular complexity index is 788. The Morgan fingerprint density at radius 1 is 1.23 bits per heavy atom. The molecule has 116 valence electrons. The highest BCUT2D eigenvalue weighted by Crippen LogP contribution is 2.12. The molecule has 2 N–H and O–H groups in total. The van der Waals surface area contributed by atoms with Gasteiger partial charge in [-0.25, -0.2) is 13.1 Å². The van der Waals surface area contributed by atoms with Gasteiger partial charge in [0, 0.05) is 17.4 Å². The third-order valence-corrected chi connectivity index (χ3v) is 3.54. The lowest BCUT2D eigenvalue weighted by Crippen LogP contribution is -2.22. The third kappa shape index (κ3) is 4.94. The second-order valence-corrected chi connectivity index (χ2v) is 6.79. The Kier molecular flexibility index (Phi) is 4.89. The van der Waals surface area contributed by atoms with Gasteiger partial charge in [0.2, 0.25) is 10.0 Å². The van der Waals surface area contributed by atoms with E-state index >= 15 is 0 Å². The van der Waals surface area contributed by atoms with E-state index in [1.54, 1.807) is 18.2 Å². The molecule has 0 saturated heterocycles.